The molecular weight excluding hydrogens is 418 g/mol. The quantitative estimate of drug-likeness (QED) is 0.719. The monoisotopic (exact) mass is 445 g/mol. The van der Waals surface area contributed by atoms with Gasteiger partial charge in [-0.25, -0.2) is 14.8 Å². The summed E-state index contributed by atoms with van der Waals surface area (Å²) >= 11 is 0. The molecule has 166 valence electrons. The van der Waals surface area contributed by atoms with Gasteiger partial charge in [-0.2, -0.15) is 0 Å². The fourth-order valence-electron chi connectivity index (χ4n) is 3.96. The van der Waals surface area contributed by atoms with Crippen LogP contribution in [-0.4, -0.2) is 66.2 Å². The molecule has 0 spiro atoms. The Morgan fingerprint density at radius 3 is 2.35 bits per heavy atom. The van der Waals surface area contributed by atoms with Crippen LogP contribution in [0.3, 0.4) is 0 Å². The van der Waals surface area contributed by atoms with E-state index in [-0.39, 0.29) is 18.3 Å². The van der Waals surface area contributed by atoms with Gasteiger partial charge in [0, 0.05) is 38.6 Å². The molecule has 4 rings (SSSR count). The molecule has 2 aliphatic heterocycles. The van der Waals surface area contributed by atoms with E-state index in [9.17, 15) is 9.59 Å². The highest BCUT2D eigenvalue weighted by Gasteiger charge is 2.28. The van der Waals surface area contributed by atoms with Gasteiger partial charge in [0.05, 0.1) is 12.1 Å². The number of amides is 2. The fourth-order valence-corrected chi connectivity index (χ4v) is 3.96. The van der Waals surface area contributed by atoms with Gasteiger partial charge in [-0.1, -0.05) is 13.0 Å². The minimum absolute atomic E-state index is 0. The summed E-state index contributed by atoms with van der Waals surface area (Å²) in [6.45, 7) is 9.69. The standard InChI is InChI=1S/C22H27N5O3.ClH/c1-4-17-11-16(3)20(24-13-17)25-5-7-26(8-6-25)21(28)18-14-23-19(12-15(18)2)27-9-10-30-22(27)29;/h11-14H,4-10H2,1-3H3;1H. The van der Waals surface area contributed by atoms with Crippen LogP contribution >= 0.6 is 12.4 Å². The summed E-state index contributed by atoms with van der Waals surface area (Å²) in [5, 5.41) is 0. The number of cyclic esters (lactones) is 1. The van der Waals surface area contributed by atoms with Crippen molar-refractivity contribution in [2.45, 2.75) is 27.2 Å². The lowest BCUT2D eigenvalue weighted by Gasteiger charge is -2.36. The molecule has 0 N–H and O–H groups in total. The molecule has 0 aliphatic carbocycles. The Kier molecular flexibility index (Phi) is 7.00. The molecule has 0 aromatic carbocycles. The van der Waals surface area contributed by atoms with Crippen LogP contribution in [0.15, 0.2) is 24.5 Å². The second-order valence-corrected chi connectivity index (χ2v) is 7.74. The van der Waals surface area contributed by atoms with Crippen LogP contribution in [0.4, 0.5) is 16.4 Å². The average Bonchev–Trinajstić information content (AvgIpc) is 3.19. The van der Waals surface area contributed by atoms with Crippen molar-refractivity contribution in [3.8, 4) is 0 Å². The fraction of sp³-hybridized carbons (Fsp3) is 0.455. The molecule has 0 saturated carbocycles. The van der Waals surface area contributed by atoms with Crippen molar-refractivity contribution in [2.24, 2.45) is 0 Å². The molecule has 2 fully saturated rings. The van der Waals surface area contributed by atoms with Crippen LogP contribution in [0.5, 0.6) is 0 Å². The molecule has 2 saturated heterocycles. The van der Waals surface area contributed by atoms with Crippen molar-refractivity contribution >= 4 is 36.0 Å². The largest absolute Gasteiger partial charge is 0.447 e. The highest BCUT2D eigenvalue weighted by atomic mass is 35.5. The first-order chi connectivity index (χ1) is 14.5. The Morgan fingerprint density at radius 2 is 1.77 bits per heavy atom. The third-order valence-corrected chi connectivity index (χ3v) is 5.75. The van der Waals surface area contributed by atoms with Gasteiger partial charge >= 0.3 is 6.09 Å². The number of pyridine rings is 2. The van der Waals surface area contributed by atoms with Crippen LogP contribution in [0.2, 0.25) is 0 Å². The number of aryl methyl sites for hydroxylation is 3. The topological polar surface area (TPSA) is 78.9 Å². The number of ether oxygens (including phenoxy) is 1. The van der Waals surface area contributed by atoms with Crippen molar-refractivity contribution in [3.63, 3.8) is 0 Å². The number of halogens is 1. The number of hydrogen-bond acceptors (Lipinski definition) is 6. The lowest BCUT2D eigenvalue weighted by molar-refractivity contribution is 0.0745. The third-order valence-electron chi connectivity index (χ3n) is 5.75. The lowest BCUT2D eigenvalue weighted by atomic mass is 10.1. The van der Waals surface area contributed by atoms with Crippen molar-refractivity contribution in [2.75, 3.05) is 49.1 Å². The van der Waals surface area contributed by atoms with Gasteiger partial charge in [0.1, 0.15) is 18.2 Å². The highest BCUT2D eigenvalue weighted by Crippen LogP contribution is 2.23. The van der Waals surface area contributed by atoms with E-state index in [1.54, 1.807) is 12.3 Å². The molecule has 31 heavy (non-hydrogen) atoms. The van der Waals surface area contributed by atoms with Gasteiger partial charge in [0.25, 0.3) is 5.91 Å². The van der Waals surface area contributed by atoms with Gasteiger partial charge in [-0.15, -0.1) is 12.4 Å². The van der Waals surface area contributed by atoms with Crippen LogP contribution in [0.1, 0.15) is 34.0 Å². The lowest BCUT2D eigenvalue weighted by Crippen LogP contribution is -2.49. The molecule has 0 radical (unpaired) electrons. The number of carbonyl (C=O) groups is 2. The van der Waals surface area contributed by atoms with E-state index in [1.165, 1.54) is 16.0 Å². The number of aromatic nitrogens is 2. The molecule has 8 nitrogen and oxygen atoms in total. The number of carbonyl (C=O) groups excluding carboxylic acids is 2. The molecule has 9 heteroatoms. The summed E-state index contributed by atoms with van der Waals surface area (Å²) in [5.41, 5.74) is 3.78. The highest BCUT2D eigenvalue weighted by molar-refractivity contribution is 5.96. The van der Waals surface area contributed by atoms with E-state index in [0.717, 1.165) is 30.9 Å². The zero-order valence-electron chi connectivity index (χ0n) is 18.1. The van der Waals surface area contributed by atoms with Crippen LogP contribution in [0, 0.1) is 13.8 Å². The zero-order chi connectivity index (χ0) is 21.3. The SMILES string of the molecule is CCc1cnc(N2CCN(C(=O)c3cnc(N4CCOC4=O)cc3C)CC2)c(C)c1.Cl. The molecule has 0 bridgehead atoms. The van der Waals surface area contributed by atoms with Crippen molar-refractivity contribution in [1.29, 1.82) is 0 Å². The Morgan fingerprint density at radius 1 is 1.03 bits per heavy atom. The molecule has 2 aromatic rings. The maximum absolute atomic E-state index is 13.1. The average molecular weight is 446 g/mol. The van der Waals surface area contributed by atoms with Gasteiger partial charge in [-0.3, -0.25) is 9.69 Å². The maximum atomic E-state index is 13.1. The molecule has 0 unspecified atom stereocenters. The molecule has 2 amide bonds. The van der Waals surface area contributed by atoms with E-state index in [4.69, 9.17) is 4.74 Å². The van der Waals surface area contributed by atoms with E-state index >= 15 is 0 Å². The second kappa shape index (κ2) is 9.51. The van der Waals surface area contributed by atoms with Gasteiger partial charge in [0.2, 0.25) is 0 Å². The van der Waals surface area contributed by atoms with E-state index in [1.807, 2.05) is 18.0 Å². The van der Waals surface area contributed by atoms with E-state index in [2.05, 4.69) is 34.8 Å². The van der Waals surface area contributed by atoms with E-state index in [0.29, 0.717) is 37.6 Å². The smallest absolute Gasteiger partial charge is 0.415 e. The summed E-state index contributed by atoms with van der Waals surface area (Å²) in [4.78, 5) is 39.4. The van der Waals surface area contributed by atoms with E-state index < -0.39 is 6.09 Å². The van der Waals surface area contributed by atoms with Crippen molar-refractivity contribution in [1.82, 2.24) is 14.9 Å². The number of piperazine rings is 1. The predicted molar refractivity (Wildman–Crippen MR) is 121 cm³/mol. The third kappa shape index (κ3) is 4.58. The van der Waals surface area contributed by atoms with Crippen molar-refractivity contribution < 1.29 is 14.3 Å². The molecule has 2 aliphatic rings. The van der Waals surface area contributed by atoms with Crippen LogP contribution < -0.4 is 9.80 Å². The summed E-state index contributed by atoms with van der Waals surface area (Å²) in [6, 6.07) is 3.96. The summed E-state index contributed by atoms with van der Waals surface area (Å²) in [5.74, 6) is 1.49. The molecular formula is C22H28ClN5O3. The number of anilines is 2. The van der Waals surface area contributed by atoms with Crippen molar-refractivity contribution in [3.05, 3.63) is 46.8 Å². The first kappa shape index (κ1) is 22.8. The Balaban J connectivity index is 0.00000272. The Labute approximate surface area is 188 Å². The normalized spacial score (nSPS) is 16.2. The summed E-state index contributed by atoms with van der Waals surface area (Å²) < 4.78 is 4.96. The maximum Gasteiger partial charge on any atom is 0.415 e. The van der Waals surface area contributed by atoms with Gasteiger partial charge < -0.3 is 14.5 Å². The summed E-state index contributed by atoms with van der Waals surface area (Å²) in [7, 11) is 0. The minimum atomic E-state index is -0.395. The minimum Gasteiger partial charge on any atom is -0.447 e. The molecule has 0 atom stereocenters. The number of nitrogens with zero attached hydrogens (tertiary/aromatic N) is 5. The zero-order valence-corrected chi connectivity index (χ0v) is 18.9. The van der Waals surface area contributed by atoms with Gasteiger partial charge in [0.15, 0.2) is 0 Å². The molecule has 2 aromatic heterocycles. The number of rotatable bonds is 4. The molecule has 4 heterocycles. The Bertz CT molecular complexity index is 976. The van der Waals surface area contributed by atoms with Crippen LogP contribution in [-0.2, 0) is 11.2 Å². The first-order valence-corrected chi connectivity index (χ1v) is 10.4. The second-order valence-electron chi connectivity index (χ2n) is 7.74. The predicted octanol–water partition coefficient (Wildman–Crippen LogP) is 3.00. The van der Waals surface area contributed by atoms with Crippen LogP contribution in [0.25, 0.3) is 0 Å². The summed E-state index contributed by atoms with van der Waals surface area (Å²) in [6.07, 6.45) is 4.09. The first-order valence-electron chi connectivity index (χ1n) is 10.4. The number of hydrogen-bond donors (Lipinski definition) is 0. The Hall–Kier alpha value is -2.87. The van der Waals surface area contributed by atoms with Gasteiger partial charge in [-0.05, 0) is 43.0 Å².